The summed E-state index contributed by atoms with van der Waals surface area (Å²) in [4.78, 5) is 31.9. The molecular formula is C38H38F2N6O5S. The second kappa shape index (κ2) is 13.0. The molecule has 3 N–H and O–H groups in total. The average Bonchev–Trinajstić information content (AvgIpc) is 3.78. The van der Waals surface area contributed by atoms with Gasteiger partial charge in [-0.15, -0.1) is 0 Å². The number of imide groups is 1. The predicted molar refractivity (Wildman–Crippen MR) is 192 cm³/mol. The Bertz CT molecular complexity index is 2400. The molecule has 1 atom stereocenters. The van der Waals surface area contributed by atoms with E-state index in [0.717, 1.165) is 5.56 Å². The number of carbonyl (C=O) groups excluding carboxylic acids is 2. The number of hydrogen-bond donors (Lipinski definition) is 3. The Morgan fingerprint density at radius 3 is 2.56 bits per heavy atom. The smallest absolute Gasteiger partial charge is 0.326 e. The van der Waals surface area contributed by atoms with Gasteiger partial charge < -0.3 is 15.0 Å². The lowest BCUT2D eigenvalue weighted by Gasteiger charge is -2.30. The molecule has 1 unspecified atom stereocenters. The molecule has 0 radical (unpaired) electrons. The third-order valence-corrected chi connectivity index (χ3v) is 11.9. The Morgan fingerprint density at radius 2 is 1.79 bits per heavy atom. The number of aromatic nitrogens is 4. The summed E-state index contributed by atoms with van der Waals surface area (Å²) in [5, 5.41) is 10.1. The number of benzene rings is 3. The van der Waals surface area contributed by atoms with Crippen molar-refractivity contribution in [3.05, 3.63) is 101 Å². The number of hydrogen-bond acceptors (Lipinski definition) is 7. The number of urea groups is 1. The van der Waals surface area contributed by atoms with E-state index in [0.29, 0.717) is 47.1 Å². The standard InChI is InChI=1S/C38H38F2N6O5S/c1-37(2)13-6-14-38(3,23-8-5-7-22(17-23)18-31-34(47)44-36(48)42-31)35-43-33(46(4)45-35)27-19-24(9-10-28(27)39)51-32-26(12-16-52(49,50)21-37)25-11-15-41-30(25)20-29(32)40/h5,7-11,15,17-20,41H,6,12-14,16,21H2,1-4H3,(H2,42,44,47,48)/b31-18-. The number of amides is 3. The van der Waals surface area contributed by atoms with E-state index in [-0.39, 0.29) is 46.5 Å². The van der Waals surface area contributed by atoms with Crippen molar-refractivity contribution in [3.8, 4) is 22.9 Å². The Balaban J connectivity index is 1.36. The highest BCUT2D eigenvalue weighted by atomic mass is 32.2. The highest BCUT2D eigenvalue weighted by Crippen LogP contribution is 2.41. The van der Waals surface area contributed by atoms with Gasteiger partial charge in [-0.3, -0.25) is 10.1 Å². The van der Waals surface area contributed by atoms with Gasteiger partial charge in [0.1, 0.15) is 17.3 Å². The zero-order valence-corrected chi connectivity index (χ0v) is 30.0. The fourth-order valence-corrected chi connectivity index (χ4v) is 9.21. The zero-order chi connectivity index (χ0) is 37.0. The van der Waals surface area contributed by atoms with Crippen LogP contribution in [-0.4, -0.2) is 51.6 Å². The molecule has 3 aromatic carbocycles. The lowest BCUT2D eigenvalue weighted by molar-refractivity contribution is -0.115. The number of carbonyl (C=O) groups is 2. The first-order chi connectivity index (χ1) is 24.6. The molecule has 4 heterocycles. The lowest BCUT2D eigenvalue weighted by atomic mass is 9.75. The summed E-state index contributed by atoms with van der Waals surface area (Å²) in [6.07, 6.45) is 4.88. The number of nitrogens with zero attached hydrogens (tertiary/aromatic N) is 3. The third kappa shape index (κ3) is 6.82. The molecule has 11 nitrogen and oxygen atoms in total. The SMILES string of the molecule is Cn1nc2nc1-c1cc(ccc1F)Oc1c(F)cc3[nH]ccc3c1CCS(=O)(=O)CC(C)(C)CCCC2(C)c1cccc(/C=C2\NC(=O)NC2=O)c1. The maximum absolute atomic E-state index is 15.7. The minimum absolute atomic E-state index is 0.0104. The summed E-state index contributed by atoms with van der Waals surface area (Å²) >= 11 is 0. The van der Waals surface area contributed by atoms with Crippen molar-refractivity contribution in [2.75, 3.05) is 11.5 Å². The monoisotopic (exact) mass is 728 g/mol. The van der Waals surface area contributed by atoms with E-state index in [9.17, 15) is 18.0 Å². The van der Waals surface area contributed by atoms with E-state index in [2.05, 4.69) is 15.6 Å². The second-order valence-corrected chi connectivity index (χ2v) is 16.7. The largest absolute Gasteiger partial charge is 0.454 e. The maximum atomic E-state index is 15.7. The van der Waals surface area contributed by atoms with Gasteiger partial charge in [-0.2, -0.15) is 5.10 Å². The zero-order valence-electron chi connectivity index (χ0n) is 29.1. The minimum Gasteiger partial charge on any atom is -0.454 e. The van der Waals surface area contributed by atoms with E-state index in [4.69, 9.17) is 14.8 Å². The number of halogens is 2. The van der Waals surface area contributed by atoms with Crippen molar-refractivity contribution in [2.45, 2.75) is 51.9 Å². The van der Waals surface area contributed by atoms with Crippen molar-refractivity contribution in [2.24, 2.45) is 12.5 Å². The number of rotatable bonds is 2. The Labute approximate surface area is 299 Å². The number of H-pyrrole nitrogens is 1. The van der Waals surface area contributed by atoms with Crippen LogP contribution in [0.15, 0.2) is 66.5 Å². The van der Waals surface area contributed by atoms with E-state index >= 15 is 8.78 Å². The van der Waals surface area contributed by atoms with E-state index < -0.39 is 44.2 Å². The summed E-state index contributed by atoms with van der Waals surface area (Å²) in [5.74, 6) is -1.50. The van der Waals surface area contributed by atoms with Crippen LogP contribution in [-0.2, 0) is 33.5 Å². The fraction of sp³-hybridized carbons (Fsp3) is 0.316. The molecule has 1 fully saturated rings. The Kier molecular flexibility index (Phi) is 8.76. The van der Waals surface area contributed by atoms with E-state index in [1.165, 1.54) is 28.9 Å². The summed E-state index contributed by atoms with van der Waals surface area (Å²) in [5.41, 5.74) is 1.06. The number of sulfone groups is 1. The minimum atomic E-state index is -3.62. The van der Waals surface area contributed by atoms with Gasteiger partial charge in [-0.05, 0) is 73.1 Å². The van der Waals surface area contributed by atoms with Gasteiger partial charge in [0.25, 0.3) is 5.91 Å². The van der Waals surface area contributed by atoms with Crippen molar-refractivity contribution in [1.82, 2.24) is 30.4 Å². The molecule has 1 saturated heterocycles. The van der Waals surface area contributed by atoms with Crippen LogP contribution >= 0.6 is 0 Å². The van der Waals surface area contributed by atoms with Gasteiger partial charge in [-0.1, -0.05) is 44.5 Å². The van der Waals surface area contributed by atoms with Crippen LogP contribution in [0, 0.1) is 17.0 Å². The fourth-order valence-electron chi connectivity index (χ4n) is 7.22. The molecule has 4 bridgehead atoms. The van der Waals surface area contributed by atoms with Gasteiger partial charge in [0.2, 0.25) is 0 Å². The maximum Gasteiger partial charge on any atom is 0.326 e. The molecule has 0 saturated carbocycles. The van der Waals surface area contributed by atoms with Gasteiger partial charge in [0.15, 0.2) is 33.1 Å². The molecule has 7 rings (SSSR count). The molecule has 0 spiro atoms. The number of aromatic amines is 1. The first kappa shape index (κ1) is 35.1. The first-order valence-electron chi connectivity index (χ1n) is 16.9. The van der Waals surface area contributed by atoms with Crippen LogP contribution in [0.4, 0.5) is 13.6 Å². The normalized spacial score (nSPS) is 21.2. The van der Waals surface area contributed by atoms with Crippen LogP contribution in [0.25, 0.3) is 28.4 Å². The molecule has 3 amide bonds. The molecule has 5 aromatic rings. The molecule has 2 aromatic heterocycles. The van der Waals surface area contributed by atoms with Crippen LogP contribution < -0.4 is 15.4 Å². The Morgan fingerprint density at radius 1 is 0.981 bits per heavy atom. The van der Waals surface area contributed by atoms with Gasteiger partial charge >= 0.3 is 6.03 Å². The Hall–Kier alpha value is -5.37. The number of nitrogens with one attached hydrogen (secondary N) is 3. The quantitative estimate of drug-likeness (QED) is 0.136. The van der Waals surface area contributed by atoms with Gasteiger partial charge in [-0.25, -0.2) is 31.7 Å². The molecular weight excluding hydrogens is 691 g/mol. The molecule has 270 valence electrons. The summed E-state index contributed by atoms with van der Waals surface area (Å²) in [6, 6.07) is 13.9. The average molecular weight is 729 g/mol. The van der Waals surface area contributed by atoms with Gasteiger partial charge in [0.05, 0.1) is 22.5 Å². The third-order valence-electron chi connectivity index (χ3n) is 9.88. The highest BCUT2D eigenvalue weighted by Gasteiger charge is 2.36. The van der Waals surface area contributed by atoms with E-state index in [1.54, 1.807) is 31.5 Å². The predicted octanol–water partition coefficient (Wildman–Crippen LogP) is 6.69. The van der Waals surface area contributed by atoms with Crippen LogP contribution in [0.3, 0.4) is 0 Å². The van der Waals surface area contributed by atoms with Crippen LogP contribution in [0.2, 0.25) is 0 Å². The number of fused-ring (bicyclic) bond motifs is 8. The second-order valence-electron chi connectivity index (χ2n) is 14.5. The lowest BCUT2D eigenvalue weighted by Crippen LogP contribution is -2.29. The highest BCUT2D eigenvalue weighted by molar-refractivity contribution is 7.91. The molecule has 14 heteroatoms. The van der Waals surface area contributed by atoms with Crippen molar-refractivity contribution < 1.29 is 31.5 Å². The summed E-state index contributed by atoms with van der Waals surface area (Å²) in [7, 11) is -1.95. The summed E-state index contributed by atoms with van der Waals surface area (Å²) < 4.78 is 66.3. The molecule has 2 aliphatic rings. The molecule has 0 aliphatic carbocycles. The van der Waals surface area contributed by atoms with Gasteiger partial charge in [0, 0.05) is 35.8 Å². The molecule has 52 heavy (non-hydrogen) atoms. The van der Waals surface area contributed by atoms with Crippen molar-refractivity contribution in [1.29, 1.82) is 0 Å². The number of ether oxygens (including phenoxy) is 1. The topological polar surface area (TPSA) is 148 Å². The summed E-state index contributed by atoms with van der Waals surface area (Å²) in [6.45, 7) is 5.81. The van der Waals surface area contributed by atoms with Crippen molar-refractivity contribution in [3.63, 3.8) is 0 Å². The van der Waals surface area contributed by atoms with Crippen LogP contribution in [0.5, 0.6) is 11.5 Å². The molecule has 2 aliphatic heterocycles. The van der Waals surface area contributed by atoms with Crippen molar-refractivity contribution >= 4 is 38.8 Å². The number of aryl methyl sites for hydroxylation is 2. The van der Waals surface area contributed by atoms with Crippen LogP contribution in [0.1, 0.15) is 62.5 Å². The first-order valence-corrected chi connectivity index (χ1v) is 18.8. The van der Waals surface area contributed by atoms with E-state index in [1.807, 2.05) is 39.0 Å².